The summed E-state index contributed by atoms with van der Waals surface area (Å²) in [7, 11) is 1.09. The van der Waals surface area contributed by atoms with Gasteiger partial charge in [0.05, 0.1) is 24.6 Å². The molecule has 1 aromatic carbocycles. The fourth-order valence-corrected chi connectivity index (χ4v) is 1.54. The van der Waals surface area contributed by atoms with Crippen molar-refractivity contribution < 1.29 is 23.0 Å². The van der Waals surface area contributed by atoms with E-state index in [9.17, 15) is 13.6 Å². The summed E-state index contributed by atoms with van der Waals surface area (Å²) >= 11 is 5.58. The second-order valence-corrected chi connectivity index (χ2v) is 3.39. The van der Waals surface area contributed by atoms with E-state index < -0.39 is 12.6 Å². The highest BCUT2D eigenvalue weighted by Gasteiger charge is 2.21. The molecule has 0 atom stereocenters. The summed E-state index contributed by atoms with van der Waals surface area (Å²) in [6.07, 6.45) is 0. The molecule has 0 N–H and O–H groups in total. The van der Waals surface area contributed by atoms with E-state index in [2.05, 4.69) is 9.47 Å². The molecule has 4 nitrogen and oxygen atoms in total. The van der Waals surface area contributed by atoms with Crippen molar-refractivity contribution in [2.75, 3.05) is 7.11 Å². The zero-order chi connectivity index (χ0) is 13.7. The van der Waals surface area contributed by atoms with Crippen LogP contribution in [0.3, 0.4) is 0 Å². The first-order valence-corrected chi connectivity index (χ1v) is 5.23. The summed E-state index contributed by atoms with van der Waals surface area (Å²) in [5.74, 6) is -1.43. The van der Waals surface area contributed by atoms with Crippen molar-refractivity contribution in [2.24, 2.45) is 0 Å². The molecule has 7 heteroatoms. The maximum Gasteiger partial charge on any atom is 0.387 e. The van der Waals surface area contributed by atoms with Gasteiger partial charge in [0.15, 0.2) is 0 Å². The Bertz CT molecular complexity index is 500. The number of methoxy groups -OCH3 is 1. The zero-order valence-electron chi connectivity index (χ0n) is 9.25. The first-order valence-electron chi connectivity index (χ1n) is 4.69. The van der Waals surface area contributed by atoms with Crippen LogP contribution in [0.15, 0.2) is 12.1 Å². The van der Waals surface area contributed by atoms with Crippen LogP contribution in [0.2, 0.25) is 0 Å². The molecule has 0 aliphatic rings. The third kappa shape index (κ3) is 3.08. The SMILES string of the molecule is COC(=O)c1cc(C#N)cc(CCl)c1OC(F)F. The van der Waals surface area contributed by atoms with Crippen molar-refractivity contribution in [3.05, 3.63) is 28.8 Å². The number of nitrogens with zero attached hydrogens (tertiary/aromatic N) is 1. The quantitative estimate of drug-likeness (QED) is 0.626. The summed E-state index contributed by atoms with van der Waals surface area (Å²) in [4.78, 5) is 11.5. The molecule has 0 aliphatic carbocycles. The van der Waals surface area contributed by atoms with E-state index in [1.54, 1.807) is 6.07 Å². The predicted molar refractivity (Wildman–Crippen MR) is 58.7 cm³/mol. The van der Waals surface area contributed by atoms with Crippen LogP contribution in [0.5, 0.6) is 5.75 Å². The van der Waals surface area contributed by atoms with Crippen LogP contribution in [0, 0.1) is 11.3 Å². The molecule has 0 saturated heterocycles. The van der Waals surface area contributed by atoms with Crippen molar-refractivity contribution in [3.63, 3.8) is 0 Å². The number of carbonyl (C=O) groups is 1. The predicted octanol–water partition coefficient (Wildman–Crippen LogP) is 2.69. The van der Waals surface area contributed by atoms with Crippen LogP contribution < -0.4 is 4.74 Å². The van der Waals surface area contributed by atoms with Crippen molar-refractivity contribution in [2.45, 2.75) is 12.5 Å². The highest BCUT2D eigenvalue weighted by Crippen LogP contribution is 2.29. The Morgan fingerprint density at radius 2 is 2.22 bits per heavy atom. The molecule has 1 rings (SSSR count). The highest BCUT2D eigenvalue weighted by molar-refractivity contribution is 6.17. The molecule has 0 amide bonds. The molecule has 0 heterocycles. The van der Waals surface area contributed by atoms with Crippen molar-refractivity contribution >= 4 is 17.6 Å². The van der Waals surface area contributed by atoms with Gasteiger partial charge in [-0.15, -0.1) is 11.6 Å². The van der Waals surface area contributed by atoms with Crippen molar-refractivity contribution in [3.8, 4) is 11.8 Å². The number of hydrogen-bond acceptors (Lipinski definition) is 4. The van der Waals surface area contributed by atoms with Gasteiger partial charge in [0, 0.05) is 5.56 Å². The lowest BCUT2D eigenvalue weighted by Gasteiger charge is -2.13. The summed E-state index contributed by atoms with van der Waals surface area (Å²) in [6.45, 7) is -3.11. The van der Waals surface area contributed by atoms with E-state index in [0.717, 1.165) is 13.2 Å². The minimum absolute atomic E-state index is 0.104. The monoisotopic (exact) mass is 275 g/mol. The Kier molecular flexibility index (Phi) is 4.86. The van der Waals surface area contributed by atoms with Gasteiger partial charge in [0.2, 0.25) is 0 Å². The average molecular weight is 276 g/mol. The van der Waals surface area contributed by atoms with E-state index in [1.165, 1.54) is 6.07 Å². The van der Waals surface area contributed by atoms with Gasteiger partial charge in [-0.05, 0) is 12.1 Å². The molecular weight excluding hydrogens is 268 g/mol. The first-order chi connectivity index (χ1) is 8.53. The molecule has 0 radical (unpaired) electrons. The molecule has 18 heavy (non-hydrogen) atoms. The Hall–Kier alpha value is -1.87. The lowest BCUT2D eigenvalue weighted by Crippen LogP contribution is -2.11. The molecule has 96 valence electrons. The van der Waals surface area contributed by atoms with E-state index in [1.807, 2.05) is 0 Å². The topological polar surface area (TPSA) is 59.3 Å². The second-order valence-electron chi connectivity index (χ2n) is 3.13. The van der Waals surface area contributed by atoms with Gasteiger partial charge in [-0.2, -0.15) is 14.0 Å². The first kappa shape index (κ1) is 14.2. The molecule has 0 aliphatic heterocycles. The molecule has 0 bridgehead atoms. The standard InChI is InChI=1S/C11H8ClF2NO3/c1-17-10(16)8-3-6(5-15)2-7(4-12)9(8)18-11(13)14/h2-3,11H,4H2,1H3. The lowest BCUT2D eigenvalue weighted by molar-refractivity contribution is -0.0509. The fourth-order valence-electron chi connectivity index (χ4n) is 1.34. The number of carbonyl (C=O) groups excluding carboxylic acids is 1. The molecule has 1 aromatic rings. The third-order valence-electron chi connectivity index (χ3n) is 2.05. The summed E-state index contributed by atoms with van der Waals surface area (Å²) in [5.41, 5.74) is -0.0309. The van der Waals surface area contributed by atoms with Gasteiger partial charge in [-0.1, -0.05) is 0 Å². The van der Waals surface area contributed by atoms with Crippen LogP contribution in [0.1, 0.15) is 21.5 Å². The van der Waals surface area contributed by atoms with Gasteiger partial charge < -0.3 is 9.47 Å². The number of benzene rings is 1. The van der Waals surface area contributed by atoms with Crippen LogP contribution in [-0.2, 0) is 10.6 Å². The van der Waals surface area contributed by atoms with Crippen molar-refractivity contribution in [1.82, 2.24) is 0 Å². The summed E-state index contributed by atoms with van der Waals surface area (Å²) in [5, 5.41) is 8.78. The van der Waals surface area contributed by atoms with Crippen LogP contribution in [0.25, 0.3) is 0 Å². The Labute approximate surface area is 107 Å². The molecule has 0 saturated carbocycles. The Morgan fingerprint density at radius 3 is 2.67 bits per heavy atom. The van der Waals surface area contributed by atoms with Crippen LogP contribution >= 0.6 is 11.6 Å². The summed E-state index contributed by atoms with van der Waals surface area (Å²) in [6, 6.07) is 4.18. The van der Waals surface area contributed by atoms with Crippen LogP contribution in [0.4, 0.5) is 8.78 Å². The number of hydrogen-bond donors (Lipinski definition) is 0. The zero-order valence-corrected chi connectivity index (χ0v) is 10.0. The minimum atomic E-state index is -3.11. The maximum absolute atomic E-state index is 12.3. The lowest BCUT2D eigenvalue weighted by atomic mass is 10.1. The van der Waals surface area contributed by atoms with E-state index in [-0.39, 0.29) is 28.3 Å². The number of nitriles is 1. The maximum atomic E-state index is 12.3. The molecule has 0 aromatic heterocycles. The van der Waals surface area contributed by atoms with Gasteiger partial charge in [0.25, 0.3) is 0 Å². The number of rotatable bonds is 4. The number of ether oxygens (including phenoxy) is 2. The fraction of sp³-hybridized carbons (Fsp3) is 0.273. The molecule has 0 fully saturated rings. The van der Waals surface area contributed by atoms with Crippen molar-refractivity contribution in [1.29, 1.82) is 5.26 Å². The van der Waals surface area contributed by atoms with Crippen LogP contribution in [-0.4, -0.2) is 19.7 Å². The van der Waals surface area contributed by atoms with Gasteiger partial charge >= 0.3 is 12.6 Å². The summed E-state index contributed by atoms with van der Waals surface area (Å²) < 4.78 is 33.3. The number of halogens is 3. The number of alkyl halides is 3. The van der Waals surface area contributed by atoms with Gasteiger partial charge in [-0.3, -0.25) is 0 Å². The minimum Gasteiger partial charge on any atom is -0.465 e. The average Bonchev–Trinajstić information content (AvgIpc) is 2.37. The second kappa shape index (κ2) is 6.17. The van der Waals surface area contributed by atoms with E-state index in [4.69, 9.17) is 16.9 Å². The largest absolute Gasteiger partial charge is 0.465 e. The molecule has 0 unspecified atom stereocenters. The normalized spacial score (nSPS) is 10.0. The molecular formula is C11H8ClF2NO3. The van der Waals surface area contributed by atoms with E-state index in [0.29, 0.717) is 0 Å². The highest BCUT2D eigenvalue weighted by atomic mass is 35.5. The number of esters is 1. The Balaban J connectivity index is 3.42. The smallest absolute Gasteiger partial charge is 0.387 e. The Morgan fingerprint density at radius 1 is 1.56 bits per heavy atom. The third-order valence-corrected chi connectivity index (χ3v) is 2.34. The molecule has 0 spiro atoms. The van der Waals surface area contributed by atoms with Gasteiger partial charge in [0.1, 0.15) is 11.3 Å². The van der Waals surface area contributed by atoms with E-state index >= 15 is 0 Å². The van der Waals surface area contributed by atoms with Gasteiger partial charge in [-0.25, -0.2) is 4.79 Å².